The van der Waals surface area contributed by atoms with Gasteiger partial charge in [-0.3, -0.25) is 9.69 Å². The number of carbonyl (C=O) groups is 1. The number of piperidine rings is 1. The monoisotopic (exact) mass is 491 g/mol. The molecule has 1 aromatic carbocycles. The Kier molecular flexibility index (Phi) is 6.46. The number of amides is 1. The van der Waals surface area contributed by atoms with E-state index in [0.717, 1.165) is 5.69 Å². The van der Waals surface area contributed by atoms with E-state index < -0.39 is 17.8 Å². The molecule has 5 rings (SSSR count). The van der Waals surface area contributed by atoms with E-state index in [-0.39, 0.29) is 13.0 Å². The van der Waals surface area contributed by atoms with Gasteiger partial charge in [0.05, 0.1) is 11.2 Å². The van der Waals surface area contributed by atoms with Crippen LogP contribution < -0.4 is 0 Å². The van der Waals surface area contributed by atoms with Gasteiger partial charge >= 0.3 is 6.18 Å². The largest absolute Gasteiger partial charge is 0.420 e. The number of aliphatic hydroxyl groups excluding tert-OH is 1. The van der Waals surface area contributed by atoms with Gasteiger partial charge < -0.3 is 14.6 Å². The first kappa shape index (κ1) is 24.4. The van der Waals surface area contributed by atoms with Gasteiger partial charge in [0.1, 0.15) is 0 Å². The Labute approximate surface area is 206 Å². The van der Waals surface area contributed by atoms with Crippen molar-refractivity contribution in [1.82, 2.24) is 14.4 Å². The number of carbonyl (C=O) groups excluding carboxylic acids is 1. The maximum absolute atomic E-state index is 13.2. The number of benzene rings is 1. The second-order valence-corrected chi connectivity index (χ2v) is 10.4. The number of halogens is 3. The van der Waals surface area contributed by atoms with Crippen LogP contribution in [0.4, 0.5) is 13.2 Å². The third-order valence-electron chi connectivity index (χ3n) is 8.58. The lowest BCUT2D eigenvalue weighted by Crippen LogP contribution is -2.56. The molecule has 3 heterocycles. The summed E-state index contributed by atoms with van der Waals surface area (Å²) in [4.78, 5) is 17.3. The maximum atomic E-state index is 13.2. The highest BCUT2D eigenvalue weighted by molar-refractivity contribution is 5.94. The highest BCUT2D eigenvalue weighted by atomic mass is 19.4. The molecule has 1 saturated carbocycles. The highest BCUT2D eigenvalue weighted by Crippen LogP contribution is 2.44. The normalized spacial score (nSPS) is 22.3. The van der Waals surface area contributed by atoms with E-state index in [2.05, 4.69) is 17.0 Å². The molecule has 1 atom stereocenters. The molecule has 8 heteroatoms. The summed E-state index contributed by atoms with van der Waals surface area (Å²) in [5.41, 5.74) is 2.27. The summed E-state index contributed by atoms with van der Waals surface area (Å²) >= 11 is 0. The van der Waals surface area contributed by atoms with Crippen molar-refractivity contribution in [2.75, 3.05) is 26.7 Å². The Morgan fingerprint density at radius 1 is 1.00 bits per heavy atom. The summed E-state index contributed by atoms with van der Waals surface area (Å²) in [6.45, 7) is 2.07. The lowest BCUT2D eigenvalue weighted by Gasteiger charge is -2.50. The fourth-order valence-electron chi connectivity index (χ4n) is 6.44. The molecular weight excluding hydrogens is 455 g/mol. The Morgan fingerprint density at radius 3 is 2.29 bits per heavy atom. The molecule has 0 bridgehead atoms. The van der Waals surface area contributed by atoms with Gasteiger partial charge in [0, 0.05) is 38.9 Å². The standard InChI is InChI=1S/C27H34F3N3O2.H2/c1-31-17-18-33-22(24(34)27(28,29)30)11-12-23(33)26(31)13-15-32(16-14-26)25(35)21-9-7-20(8-10-21)19-5-3-2-4-6-19;/h7-12,19,24,34H,2-6,13-18H2,1H3;1H. The first-order valence-corrected chi connectivity index (χ1v) is 12.8. The Hall–Kier alpha value is -2.32. The minimum Gasteiger partial charge on any atom is -0.378 e. The van der Waals surface area contributed by atoms with Gasteiger partial charge in [-0.25, -0.2) is 0 Å². The molecule has 2 aromatic rings. The van der Waals surface area contributed by atoms with Gasteiger partial charge in [-0.15, -0.1) is 0 Å². The van der Waals surface area contributed by atoms with E-state index in [4.69, 9.17) is 0 Å². The molecule has 1 N–H and O–H groups in total. The predicted octanol–water partition coefficient (Wildman–Crippen LogP) is 5.45. The second-order valence-electron chi connectivity index (χ2n) is 10.4. The summed E-state index contributed by atoms with van der Waals surface area (Å²) in [6, 6.07) is 11.2. The van der Waals surface area contributed by atoms with Crippen LogP contribution in [0.3, 0.4) is 0 Å². The van der Waals surface area contributed by atoms with E-state index in [0.29, 0.717) is 50.5 Å². The third kappa shape index (κ3) is 4.40. The highest BCUT2D eigenvalue weighted by Gasteiger charge is 2.47. The van der Waals surface area contributed by atoms with Crippen molar-refractivity contribution < 1.29 is 24.5 Å². The number of hydrogen-bond donors (Lipinski definition) is 1. The first-order valence-electron chi connectivity index (χ1n) is 12.8. The van der Waals surface area contributed by atoms with E-state index in [1.165, 1.54) is 43.7 Å². The van der Waals surface area contributed by atoms with Crippen LogP contribution in [-0.4, -0.2) is 58.2 Å². The van der Waals surface area contributed by atoms with Crippen LogP contribution in [-0.2, 0) is 12.1 Å². The number of fused-ring (bicyclic) bond motifs is 2. The van der Waals surface area contributed by atoms with Crippen LogP contribution in [0.15, 0.2) is 36.4 Å². The molecule has 5 nitrogen and oxygen atoms in total. The van der Waals surface area contributed by atoms with Crippen LogP contribution in [0.1, 0.15) is 85.7 Å². The number of hydrogen-bond acceptors (Lipinski definition) is 3. The third-order valence-corrected chi connectivity index (χ3v) is 8.58. The zero-order valence-corrected chi connectivity index (χ0v) is 20.2. The summed E-state index contributed by atoms with van der Waals surface area (Å²) in [6.07, 6.45) is 0.389. The molecule has 2 aliphatic heterocycles. The molecule has 1 spiro atoms. The topological polar surface area (TPSA) is 48.7 Å². The van der Waals surface area contributed by atoms with Crippen LogP contribution >= 0.6 is 0 Å². The van der Waals surface area contributed by atoms with E-state index in [9.17, 15) is 23.1 Å². The van der Waals surface area contributed by atoms with Gasteiger partial charge in [-0.05, 0) is 68.5 Å². The molecule has 35 heavy (non-hydrogen) atoms. The van der Waals surface area contributed by atoms with Crippen molar-refractivity contribution in [3.63, 3.8) is 0 Å². The number of nitrogens with zero attached hydrogens (tertiary/aromatic N) is 3. The fourth-order valence-corrected chi connectivity index (χ4v) is 6.44. The molecule has 0 radical (unpaired) electrons. The molecule has 1 unspecified atom stereocenters. The molecular formula is C27H36F3N3O2. The minimum absolute atomic E-state index is 0. The fraction of sp³-hybridized carbons (Fsp3) is 0.593. The number of alkyl halides is 3. The van der Waals surface area contributed by atoms with E-state index in [1.54, 1.807) is 10.6 Å². The minimum atomic E-state index is -4.70. The molecule has 2 fully saturated rings. The van der Waals surface area contributed by atoms with Crippen molar-refractivity contribution in [3.05, 3.63) is 58.9 Å². The van der Waals surface area contributed by atoms with Crippen LogP contribution in [0.25, 0.3) is 0 Å². The number of rotatable bonds is 3. The maximum Gasteiger partial charge on any atom is 0.420 e. The second kappa shape index (κ2) is 9.28. The van der Waals surface area contributed by atoms with Crippen molar-refractivity contribution in [1.29, 1.82) is 0 Å². The summed E-state index contributed by atoms with van der Waals surface area (Å²) in [7, 11) is 2.00. The molecule has 1 aromatic heterocycles. The van der Waals surface area contributed by atoms with Crippen LogP contribution in [0.5, 0.6) is 0 Å². The molecule has 1 aliphatic carbocycles. The van der Waals surface area contributed by atoms with E-state index in [1.807, 2.05) is 24.1 Å². The lowest BCUT2D eigenvalue weighted by molar-refractivity contribution is -0.209. The van der Waals surface area contributed by atoms with Crippen molar-refractivity contribution >= 4 is 5.91 Å². The lowest BCUT2D eigenvalue weighted by atomic mass is 9.81. The zero-order valence-electron chi connectivity index (χ0n) is 20.2. The smallest absolute Gasteiger partial charge is 0.378 e. The molecule has 1 amide bonds. The molecule has 1 saturated heterocycles. The summed E-state index contributed by atoms with van der Waals surface area (Å²) < 4.78 is 41.3. The number of aliphatic hydroxyl groups is 1. The number of likely N-dealkylation sites (tertiary alicyclic amines) is 1. The Morgan fingerprint density at radius 2 is 1.66 bits per heavy atom. The van der Waals surface area contributed by atoms with Gasteiger partial charge in [0.15, 0.2) is 6.10 Å². The number of aromatic nitrogens is 1. The SMILES string of the molecule is CN1CCn2c(C(O)C(F)(F)F)ccc2C12CCN(C(=O)c1ccc(C3CCCCC3)cc1)CC2.[HH]. The Balaban J connectivity index is 0.00000304. The molecule has 3 aliphatic rings. The average Bonchev–Trinajstić information content (AvgIpc) is 3.31. The summed E-state index contributed by atoms with van der Waals surface area (Å²) in [5.74, 6) is 0.610. The Bertz CT molecular complexity index is 1060. The predicted molar refractivity (Wildman–Crippen MR) is 129 cm³/mol. The van der Waals surface area contributed by atoms with Crippen molar-refractivity contribution in [2.45, 2.75) is 75.2 Å². The van der Waals surface area contributed by atoms with Gasteiger partial charge in [-0.2, -0.15) is 13.2 Å². The van der Waals surface area contributed by atoms with E-state index >= 15 is 0 Å². The van der Waals surface area contributed by atoms with Crippen molar-refractivity contribution in [2.24, 2.45) is 0 Å². The number of likely N-dealkylation sites (N-methyl/N-ethyl adjacent to an activating group) is 1. The van der Waals surface area contributed by atoms with Gasteiger partial charge in [0.25, 0.3) is 5.91 Å². The zero-order chi connectivity index (χ0) is 24.8. The van der Waals surface area contributed by atoms with Gasteiger partial charge in [-0.1, -0.05) is 31.4 Å². The first-order chi connectivity index (χ1) is 16.7. The quantitative estimate of drug-likeness (QED) is 0.621. The van der Waals surface area contributed by atoms with Crippen LogP contribution in [0, 0.1) is 0 Å². The summed E-state index contributed by atoms with van der Waals surface area (Å²) in [5, 5.41) is 9.89. The molecule has 192 valence electrons. The van der Waals surface area contributed by atoms with Gasteiger partial charge in [0.2, 0.25) is 0 Å². The average molecular weight is 492 g/mol. The van der Waals surface area contributed by atoms with Crippen LogP contribution in [0.2, 0.25) is 0 Å². The van der Waals surface area contributed by atoms with Crippen molar-refractivity contribution in [3.8, 4) is 0 Å².